The molecular formula is C14H21FN2O2. The molecule has 4 nitrogen and oxygen atoms in total. The molecule has 0 bridgehead atoms. The van der Waals surface area contributed by atoms with Crippen molar-refractivity contribution >= 4 is 5.97 Å². The van der Waals surface area contributed by atoms with E-state index in [0.717, 1.165) is 19.6 Å². The van der Waals surface area contributed by atoms with E-state index in [2.05, 4.69) is 24.1 Å². The Morgan fingerprint density at radius 2 is 2.00 bits per heavy atom. The van der Waals surface area contributed by atoms with Crippen molar-refractivity contribution in [3.8, 4) is 0 Å². The smallest absolute Gasteiger partial charge is 0.325 e. The monoisotopic (exact) mass is 268 g/mol. The maximum atomic E-state index is 13.6. The summed E-state index contributed by atoms with van der Waals surface area (Å²) >= 11 is 0. The lowest BCUT2D eigenvalue weighted by atomic mass is 10.1. The summed E-state index contributed by atoms with van der Waals surface area (Å²) < 4.78 is 13.6. The van der Waals surface area contributed by atoms with Gasteiger partial charge in [-0.15, -0.1) is 0 Å². The number of benzene rings is 1. The van der Waals surface area contributed by atoms with Crippen molar-refractivity contribution in [3.05, 3.63) is 35.6 Å². The van der Waals surface area contributed by atoms with E-state index in [1.54, 1.807) is 12.1 Å². The van der Waals surface area contributed by atoms with Crippen LogP contribution >= 0.6 is 0 Å². The minimum Gasteiger partial charge on any atom is -0.480 e. The number of rotatable bonds is 8. The van der Waals surface area contributed by atoms with Crippen LogP contribution in [0, 0.1) is 5.82 Å². The van der Waals surface area contributed by atoms with Crippen molar-refractivity contribution in [1.82, 2.24) is 10.2 Å². The lowest BCUT2D eigenvalue weighted by Gasteiger charge is -2.20. The molecule has 0 fully saturated rings. The first-order valence-corrected chi connectivity index (χ1v) is 6.53. The van der Waals surface area contributed by atoms with Crippen LogP contribution in [-0.4, -0.2) is 42.2 Å². The third-order valence-electron chi connectivity index (χ3n) is 3.13. The van der Waals surface area contributed by atoms with E-state index < -0.39 is 17.8 Å². The molecule has 0 aromatic heterocycles. The Kier molecular flexibility index (Phi) is 6.45. The highest BCUT2D eigenvalue weighted by Gasteiger charge is 2.22. The van der Waals surface area contributed by atoms with Crippen LogP contribution in [0.15, 0.2) is 24.3 Å². The fourth-order valence-corrected chi connectivity index (χ4v) is 1.95. The zero-order valence-electron chi connectivity index (χ0n) is 11.4. The number of aliphatic carboxylic acids is 1. The van der Waals surface area contributed by atoms with Gasteiger partial charge in [0.25, 0.3) is 0 Å². The summed E-state index contributed by atoms with van der Waals surface area (Å²) in [5.41, 5.74) is 0.176. The van der Waals surface area contributed by atoms with Gasteiger partial charge in [-0.3, -0.25) is 10.1 Å². The number of carboxylic acids is 1. The van der Waals surface area contributed by atoms with Crippen LogP contribution in [0.4, 0.5) is 4.39 Å². The molecule has 1 rings (SSSR count). The summed E-state index contributed by atoms with van der Waals surface area (Å²) in [6.45, 7) is 7.17. The number of likely N-dealkylation sites (N-methyl/N-ethyl adjacent to an activating group) is 1. The van der Waals surface area contributed by atoms with E-state index >= 15 is 0 Å². The molecule has 0 aliphatic rings. The normalized spacial score (nSPS) is 12.6. The van der Waals surface area contributed by atoms with E-state index in [4.69, 9.17) is 0 Å². The van der Waals surface area contributed by atoms with Crippen LogP contribution < -0.4 is 5.32 Å². The Morgan fingerprint density at radius 1 is 1.37 bits per heavy atom. The minimum absolute atomic E-state index is 0.176. The summed E-state index contributed by atoms with van der Waals surface area (Å²) in [7, 11) is 0. The van der Waals surface area contributed by atoms with Crippen LogP contribution in [0.3, 0.4) is 0 Å². The fourth-order valence-electron chi connectivity index (χ4n) is 1.95. The molecule has 106 valence electrons. The summed E-state index contributed by atoms with van der Waals surface area (Å²) in [5, 5.41) is 12.1. The van der Waals surface area contributed by atoms with Crippen molar-refractivity contribution in [2.24, 2.45) is 0 Å². The molecule has 0 saturated heterocycles. The first kappa shape index (κ1) is 15.6. The van der Waals surface area contributed by atoms with Gasteiger partial charge in [0.05, 0.1) is 0 Å². The molecule has 0 saturated carbocycles. The standard InChI is InChI=1S/C14H21FN2O2/c1-3-17(4-2)10-9-16-13(14(18)19)11-7-5-6-8-12(11)15/h5-8,13,16H,3-4,9-10H2,1-2H3,(H,18,19). The summed E-state index contributed by atoms with van der Waals surface area (Å²) in [4.78, 5) is 13.4. The van der Waals surface area contributed by atoms with Gasteiger partial charge >= 0.3 is 5.97 Å². The SMILES string of the molecule is CCN(CC)CCNC(C(=O)O)c1ccccc1F. The lowest BCUT2D eigenvalue weighted by Crippen LogP contribution is -2.36. The van der Waals surface area contributed by atoms with Crippen molar-refractivity contribution in [3.63, 3.8) is 0 Å². The van der Waals surface area contributed by atoms with Crippen molar-refractivity contribution < 1.29 is 14.3 Å². The maximum Gasteiger partial charge on any atom is 0.325 e. The van der Waals surface area contributed by atoms with Gasteiger partial charge in [-0.2, -0.15) is 0 Å². The molecule has 0 heterocycles. The van der Waals surface area contributed by atoms with Gasteiger partial charge in [0.15, 0.2) is 0 Å². The molecule has 5 heteroatoms. The van der Waals surface area contributed by atoms with E-state index in [1.165, 1.54) is 12.1 Å². The molecule has 0 aliphatic heterocycles. The molecule has 19 heavy (non-hydrogen) atoms. The lowest BCUT2D eigenvalue weighted by molar-refractivity contribution is -0.139. The van der Waals surface area contributed by atoms with Crippen LogP contribution in [-0.2, 0) is 4.79 Å². The third-order valence-corrected chi connectivity index (χ3v) is 3.13. The average Bonchev–Trinajstić information content (AvgIpc) is 2.40. The van der Waals surface area contributed by atoms with Crippen LogP contribution in [0.1, 0.15) is 25.5 Å². The second kappa shape index (κ2) is 7.86. The Balaban J connectivity index is 2.65. The van der Waals surface area contributed by atoms with Crippen molar-refractivity contribution in [2.45, 2.75) is 19.9 Å². The van der Waals surface area contributed by atoms with Gasteiger partial charge in [0, 0.05) is 18.7 Å². The van der Waals surface area contributed by atoms with Crippen molar-refractivity contribution in [1.29, 1.82) is 0 Å². The molecule has 0 radical (unpaired) electrons. The molecule has 1 unspecified atom stereocenters. The molecule has 1 aromatic carbocycles. The van der Waals surface area contributed by atoms with Crippen LogP contribution in [0.2, 0.25) is 0 Å². The molecule has 0 spiro atoms. The van der Waals surface area contributed by atoms with E-state index in [1.807, 2.05) is 0 Å². The van der Waals surface area contributed by atoms with Gasteiger partial charge < -0.3 is 10.0 Å². The van der Waals surface area contributed by atoms with Crippen LogP contribution in [0.25, 0.3) is 0 Å². The highest BCUT2D eigenvalue weighted by Crippen LogP contribution is 2.16. The maximum absolute atomic E-state index is 13.6. The van der Waals surface area contributed by atoms with Gasteiger partial charge in [-0.1, -0.05) is 32.0 Å². The average molecular weight is 268 g/mol. The molecule has 1 aromatic rings. The minimum atomic E-state index is -1.07. The Morgan fingerprint density at radius 3 is 2.53 bits per heavy atom. The number of nitrogens with one attached hydrogen (secondary N) is 1. The van der Waals surface area contributed by atoms with E-state index in [9.17, 15) is 14.3 Å². The zero-order chi connectivity index (χ0) is 14.3. The number of nitrogens with zero attached hydrogens (tertiary/aromatic N) is 1. The van der Waals surface area contributed by atoms with Gasteiger partial charge in [-0.05, 0) is 19.2 Å². The van der Waals surface area contributed by atoms with E-state index in [0.29, 0.717) is 6.54 Å². The van der Waals surface area contributed by atoms with E-state index in [-0.39, 0.29) is 5.56 Å². The Hall–Kier alpha value is -1.46. The predicted octanol–water partition coefficient (Wildman–Crippen LogP) is 1.88. The largest absolute Gasteiger partial charge is 0.480 e. The highest BCUT2D eigenvalue weighted by molar-refractivity contribution is 5.75. The summed E-state index contributed by atoms with van der Waals surface area (Å²) in [6.07, 6.45) is 0. The third kappa shape index (κ3) is 4.61. The predicted molar refractivity (Wildman–Crippen MR) is 72.6 cm³/mol. The van der Waals surface area contributed by atoms with Gasteiger partial charge in [-0.25, -0.2) is 4.39 Å². The quantitative estimate of drug-likeness (QED) is 0.756. The second-order valence-corrected chi connectivity index (χ2v) is 4.27. The molecule has 0 aliphatic carbocycles. The summed E-state index contributed by atoms with van der Waals surface area (Å²) in [5.74, 6) is -1.56. The zero-order valence-corrected chi connectivity index (χ0v) is 11.4. The molecular weight excluding hydrogens is 247 g/mol. The Labute approximate surface area is 113 Å². The first-order valence-electron chi connectivity index (χ1n) is 6.53. The van der Waals surface area contributed by atoms with Gasteiger partial charge in [0.2, 0.25) is 0 Å². The fraction of sp³-hybridized carbons (Fsp3) is 0.500. The second-order valence-electron chi connectivity index (χ2n) is 4.27. The van der Waals surface area contributed by atoms with Crippen LogP contribution in [0.5, 0.6) is 0 Å². The number of hydrogen-bond donors (Lipinski definition) is 2. The molecule has 0 amide bonds. The van der Waals surface area contributed by atoms with Gasteiger partial charge in [0.1, 0.15) is 11.9 Å². The topological polar surface area (TPSA) is 52.6 Å². The number of carboxylic acid groups (broad SMARTS) is 1. The molecule has 1 atom stereocenters. The number of halogens is 1. The molecule has 2 N–H and O–H groups in total. The summed E-state index contributed by atoms with van der Waals surface area (Å²) in [6, 6.07) is 4.96. The highest BCUT2D eigenvalue weighted by atomic mass is 19.1. The number of hydrogen-bond acceptors (Lipinski definition) is 3. The Bertz CT molecular complexity index is 408. The van der Waals surface area contributed by atoms with Crippen molar-refractivity contribution in [2.75, 3.05) is 26.2 Å². The first-order chi connectivity index (χ1) is 9.10. The number of carbonyl (C=O) groups is 1.